The van der Waals surface area contributed by atoms with Crippen LogP contribution in [0.1, 0.15) is 35.6 Å². The molecule has 1 aromatic heterocycles. The van der Waals surface area contributed by atoms with Crippen LogP contribution in [0.25, 0.3) is 0 Å². The minimum absolute atomic E-state index is 0.617. The summed E-state index contributed by atoms with van der Waals surface area (Å²) in [4.78, 5) is 4.82. The summed E-state index contributed by atoms with van der Waals surface area (Å²) >= 11 is 3.47. The van der Waals surface area contributed by atoms with Crippen molar-refractivity contribution in [3.05, 3.63) is 75.9 Å². The molecule has 1 unspecified atom stereocenters. The molecule has 5 N–H and O–H groups in total. The van der Waals surface area contributed by atoms with Crippen LogP contribution in [0.2, 0.25) is 0 Å². The van der Waals surface area contributed by atoms with Crippen molar-refractivity contribution in [2.24, 2.45) is 10.7 Å². The van der Waals surface area contributed by atoms with Crippen molar-refractivity contribution in [2.45, 2.75) is 24.5 Å². The average Bonchev–Trinajstić information content (AvgIpc) is 3.41. The van der Waals surface area contributed by atoms with Crippen LogP contribution in [0.3, 0.4) is 0 Å². The minimum atomic E-state index is -1.06. The quantitative estimate of drug-likeness (QED) is 0.511. The van der Waals surface area contributed by atoms with E-state index in [1.807, 2.05) is 48.5 Å². The number of nitrogens with one attached hydrogen (secondary N) is 3. The third kappa shape index (κ3) is 3.13. The van der Waals surface area contributed by atoms with E-state index in [0.29, 0.717) is 11.8 Å². The number of amidine groups is 1. The van der Waals surface area contributed by atoms with Gasteiger partial charge in [0, 0.05) is 39.0 Å². The third-order valence-electron chi connectivity index (χ3n) is 4.94. The molecular formula is C20H19BrN6. The Balaban J connectivity index is 1.54. The molecule has 6 nitrogen and oxygen atoms in total. The standard InChI is InChI=1S/C20H19BrN6/c21-14-9-7-13(8-10-14)20(22)24-16-4-2-1-3-15(16)19(25-20)23-18-11-17(26-27-18)12-5-6-12/h1-4,7-12,24H,5-6,22H2,(H2,23,25,26,27). The molecule has 1 aliphatic heterocycles. The molecule has 2 heterocycles. The molecule has 2 aliphatic rings. The van der Waals surface area contributed by atoms with Crippen molar-refractivity contribution in [1.29, 1.82) is 0 Å². The summed E-state index contributed by atoms with van der Waals surface area (Å²) in [7, 11) is 0. The van der Waals surface area contributed by atoms with E-state index < -0.39 is 5.79 Å². The number of hydrogen-bond acceptors (Lipinski definition) is 5. The molecule has 0 amide bonds. The van der Waals surface area contributed by atoms with Gasteiger partial charge in [-0.1, -0.05) is 40.2 Å². The maximum absolute atomic E-state index is 6.67. The topological polar surface area (TPSA) is 91.1 Å². The average molecular weight is 423 g/mol. The summed E-state index contributed by atoms with van der Waals surface area (Å²) < 4.78 is 0.998. The van der Waals surface area contributed by atoms with Crippen LogP contribution in [0, 0.1) is 0 Å². The Labute approximate surface area is 165 Å². The number of aromatic amines is 1. The molecule has 1 fully saturated rings. The SMILES string of the molecule is NC1(c2ccc(Br)cc2)N=C(Nc2cc(C3CC3)[nH]n2)c2ccccc2N1. The number of anilines is 2. The molecule has 2 aromatic carbocycles. The normalized spacial score (nSPS) is 21.2. The predicted octanol–water partition coefficient (Wildman–Crippen LogP) is 4.10. The first kappa shape index (κ1) is 16.5. The van der Waals surface area contributed by atoms with Gasteiger partial charge in [-0.25, -0.2) is 4.99 Å². The highest BCUT2D eigenvalue weighted by Crippen LogP contribution is 2.39. The minimum Gasteiger partial charge on any atom is -0.345 e. The van der Waals surface area contributed by atoms with E-state index in [1.54, 1.807) is 0 Å². The smallest absolute Gasteiger partial charge is 0.211 e. The largest absolute Gasteiger partial charge is 0.345 e. The van der Waals surface area contributed by atoms with E-state index in [1.165, 1.54) is 18.5 Å². The maximum Gasteiger partial charge on any atom is 0.211 e. The number of nitrogens with zero attached hydrogens (tertiary/aromatic N) is 2. The number of rotatable bonds is 3. The Hall–Kier alpha value is -2.64. The summed E-state index contributed by atoms with van der Waals surface area (Å²) in [5.74, 6) is 1.01. The van der Waals surface area contributed by atoms with Gasteiger partial charge in [0.2, 0.25) is 5.79 Å². The molecule has 5 rings (SSSR count). The van der Waals surface area contributed by atoms with Crippen LogP contribution in [0.15, 0.2) is 64.1 Å². The van der Waals surface area contributed by atoms with Gasteiger partial charge in [0.15, 0.2) is 5.82 Å². The number of benzene rings is 2. The molecule has 0 spiro atoms. The van der Waals surface area contributed by atoms with Crippen LogP contribution in [-0.2, 0) is 5.79 Å². The van der Waals surface area contributed by atoms with Gasteiger partial charge in [0.25, 0.3) is 0 Å². The van der Waals surface area contributed by atoms with E-state index in [9.17, 15) is 0 Å². The molecule has 136 valence electrons. The molecule has 0 bridgehead atoms. The number of halogens is 1. The Morgan fingerprint density at radius 1 is 1.11 bits per heavy atom. The fourth-order valence-corrected chi connectivity index (χ4v) is 3.59. The molecule has 1 atom stereocenters. The van der Waals surface area contributed by atoms with Crippen LogP contribution in [0.5, 0.6) is 0 Å². The summed E-state index contributed by atoms with van der Waals surface area (Å²) in [6.45, 7) is 0. The maximum atomic E-state index is 6.67. The fraction of sp³-hybridized carbons (Fsp3) is 0.200. The predicted molar refractivity (Wildman–Crippen MR) is 111 cm³/mol. The number of para-hydroxylation sites is 1. The number of fused-ring (bicyclic) bond motifs is 1. The van der Waals surface area contributed by atoms with Crippen LogP contribution in [0.4, 0.5) is 11.5 Å². The first-order valence-corrected chi connectivity index (χ1v) is 9.75. The zero-order valence-electron chi connectivity index (χ0n) is 14.5. The molecule has 27 heavy (non-hydrogen) atoms. The molecule has 3 aromatic rings. The van der Waals surface area contributed by atoms with E-state index >= 15 is 0 Å². The van der Waals surface area contributed by atoms with Crippen LogP contribution in [-0.4, -0.2) is 16.0 Å². The first-order chi connectivity index (χ1) is 13.1. The lowest BCUT2D eigenvalue weighted by molar-refractivity contribution is 0.538. The highest BCUT2D eigenvalue weighted by molar-refractivity contribution is 9.10. The van der Waals surface area contributed by atoms with Crippen molar-refractivity contribution in [1.82, 2.24) is 10.2 Å². The van der Waals surface area contributed by atoms with Crippen LogP contribution >= 0.6 is 15.9 Å². The second-order valence-corrected chi connectivity index (χ2v) is 7.93. The third-order valence-corrected chi connectivity index (χ3v) is 5.47. The van der Waals surface area contributed by atoms with Gasteiger partial charge in [-0.3, -0.25) is 10.8 Å². The molecular weight excluding hydrogens is 404 g/mol. The Bertz CT molecular complexity index is 1020. The second-order valence-electron chi connectivity index (χ2n) is 7.01. The summed E-state index contributed by atoms with van der Waals surface area (Å²) in [6, 6.07) is 17.9. The van der Waals surface area contributed by atoms with Gasteiger partial charge in [-0.05, 0) is 37.1 Å². The van der Waals surface area contributed by atoms with Crippen molar-refractivity contribution in [3.63, 3.8) is 0 Å². The van der Waals surface area contributed by atoms with Gasteiger partial charge in [-0.2, -0.15) is 5.10 Å². The summed E-state index contributed by atoms with van der Waals surface area (Å²) in [5, 5.41) is 14.2. The number of H-pyrrole nitrogens is 1. The molecule has 7 heteroatoms. The lowest BCUT2D eigenvalue weighted by atomic mass is 10.0. The van der Waals surface area contributed by atoms with Gasteiger partial charge in [0.05, 0.1) is 0 Å². The number of aromatic nitrogens is 2. The lowest BCUT2D eigenvalue weighted by Crippen LogP contribution is -2.47. The van der Waals surface area contributed by atoms with Gasteiger partial charge >= 0.3 is 0 Å². The van der Waals surface area contributed by atoms with Crippen molar-refractivity contribution in [2.75, 3.05) is 10.6 Å². The lowest BCUT2D eigenvalue weighted by Gasteiger charge is -2.34. The van der Waals surface area contributed by atoms with E-state index in [4.69, 9.17) is 10.7 Å². The summed E-state index contributed by atoms with van der Waals surface area (Å²) in [5.41, 5.74) is 10.6. The zero-order valence-corrected chi connectivity index (χ0v) is 16.1. The number of nitrogens with two attached hydrogens (primary N) is 1. The Morgan fingerprint density at radius 2 is 1.89 bits per heavy atom. The number of hydrogen-bond donors (Lipinski definition) is 4. The van der Waals surface area contributed by atoms with Crippen LogP contribution < -0.4 is 16.4 Å². The van der Waals surface area contributed by atoms with Crippen molar-refractivity contribution >= 4 is 33.3 Å². The molecule has 0 saturated heterocycles. The van der Waals surface area contributed by atoms with Gasteiger partial charge < -0.3 is 10.6 Å². The first-order valence-electron chi connectivity index (χ1n) is 8.95. The Morgan fingerprint density at radius 3 is 2.67 bits per heavy atom. The van der Waals surface area contributed by atoms with Gasteiger partial charge in [0.1, 0.15) is 5.84 Å². The highest BCUT2D eigenvalue weighted by atomic mass is 79.9. The highest BCUT2D eigenvalue weighted by Gasteiger charge is 2.33. The van der Waals surface area contributed by atoms with E-state index in [-0.39, 0.29) is 0 Å². The van der Waals surface area contributed by atoms with Gasteiger partial charge in [-0.15, -0.1) is 0 Å². The zero-order chi connectivity index (χ0) is 18.4. The fourth-order valence-electron chi connectivity index (χ4n) is 3.33. The van der Waals surface area contributed by atoms with E-state index in [2.05, 4.69) is 42.8 Å². The molecule has 1 saturated carbocycles. The van der Waals surface area contributed by atoms with Crippen molar-refractivity contribution in [3.8, 4) is 0 Å². The van der Waals surface area contributed by atoms with E-state index in [0.717, 1.165) is 27.1 Å². The second kappa shape index (κ2) is 6.21. The monoisotopic (exact) mass is 422 g/mol. The number of aliphatic imine (C=N–C) groups is 1. The molecule has 0 radical (unpaired) electrons. The Kier molecular flexibility index (Phi) is 3.80. The van der Waals surface area contributed by atoms with Crippen molar-refractivity contribution < 1.29 is 0 Å². The molecule has 1 aliphatic carbocycles. The summed E-state index contributed by atoms with van der Waals surface area (Å²) in [6.07, 6.45) is 2.45.